The minimum Gasteiger partial charge on any atom is -0.308 e. The van der Waals surface area contributed by atoms with Gasteiger partial charge in [0.05, 0.1) is 17.3 Å². The Morgan fingerprint density at radius 2 is 2.21 bits per heavy atom. The quantitative estimate of drug-likeness (QED) is 0.514. The second-order valence-electron chi connectivity index (χ2n) is 4.29. The largest absolute Gasteiger partial charge is 0.308 e. The van der Waals surface area contributed by atoms with Gasteiger partial charge in [-0.15, -0.1) is 0 Å². The van der Waals surface area contributed by atoms with Gasteiger partial charge in [0.25, 0.3) is 0 Å². The van der Waals surface area contributed by atoms with Crippen molar-refractivity contribution in [1.82, 2.24) is 29.5 Å². The molecule has 0 aliphatic heterocycles. The summed E-state index contributed by atoms with van der Waals surface area (Å²) in [6, 6.07) is 1.94. The highest BCUT2D eigenvalue weighted by molar-refractivity contribution is 5.86. The molecule has 0 aromatic carbocycles. The summed E-state index contributed by atoms with van der Waals surface area (Å²) in [7, 11) is 1.83. The van der Waals surface area contributed by atoms with Gasteiger partial charge in [0.1, 0.15) is 6.54 Å². The monoisotopic (exact) mass is 258 g/mol. The third-order valence-electron chi connectivity index (χ3n) is 2.85. The minimum atomic E-state index is 0.490. The first kappa shape index (κ1) is 11.6. The van der Waals surface area contributed by atoms with Crippen molar-refractivity contribution < 1.29 is 0 Å². The third kappa shape index (κ3) is 2.02. The van der Waals surface area contributed by atoms with E-state index >= 15 is 0 Å². The van der Waals surface area contributed by atoms with E-state index in [0.717, 1.165) is 16.7 Å². The standard InChI is InChI=1S/C11H14N8/c1-7-3-4-19(17-7)6-9-14-10(16-12)8-5-13-18(2)11(8)15-9/h3-5H,6,12H2,1-2H3,(H,14,15,16). The van der Waals surface area contributed by atoms with Gasteiger partial charge in [0.2, 0.25) is 0 Å². The number of aromatic nitrogens is 6. The molecule has 0 saturated heterocycles. The van der Waals surface area contributed by atoms with E-state index < -0.39 is 0 Å². The Balaban J connectivity index is 2.06. The summed E-state index contributed by atoms with van der Waals surface area (Å²) in [6.45, 7) is 2.43. The van der Waals surface area contributed by atoms with Crippen molar-refractivity contribution in [1.29, 1.82) is 0 Å². The number of hydrogen-bond donors (Lipinski definition) is 2. The molecule has 3 N–H and O–H groups in total. The van der Waals surface area contributed by atoms with Crippen LogP contribution in [0.15, 0.2) is 18.5 Å². The van der Waals surface area contributed by atoms with Gasteiger partial charge in [-0.25, -0.2) is 15.8 Å². The predicted molar refractivity (Wildman–Crippen MR) is 70.2 cm³/mol. The van der Waals surface area contributed by atoms with Gasteiger partial charge in [-0.05, 0) is 13.0 Å². The third-order valence-corrected chi connectivity index (χ3v) is 2.85. The molecular formula is C11H14N8. The molecule has 98 valence electrons. The number of hydrazine groups is 1. The normalized spacial score (nSPS) is 11.1. The van der Waals surface area contributed by atoms with Crippen molar-refractivity contribution >= 4 is 16.9 Å². The lowest BCUT2D eigenvalue weighted by molar-refractivity contribution is 0.649. The van der Waals surface area contributed by atoms with Crippen molar-refractivity contribution in [3.8, 4) is 0 Å². The molecule has 3 heterocycles. The summed E-state index contributed by atoms with van der Waals surface area (Å²) >= 11 is 0. The van der Waals surface area contributed by atoms with E-state index in [4.69, 9.17) is 5.84 Å². The Kier molecular flexibility index (Phi) is 2.64. The molecule has 0 atom stereocenters. The number of fused-ring (bicyclic) bond motifs is 1. The molecule has 0 bridgehead atoms. The van der Waals surface area contributed by atoms with Crippen LogP contribution in [0.25, 0.3) is 11.0 Å². The highest BCUT2D eigenvalue weighted by Crippen LogP contribution is 2.18. The number of aryl methyl sites for hydroxylation is 2. The van der Waals surface area contributed by atoms with Crippen LogP contribution in [0.5, 0.6) is 0 Å². The van der Waals surface area contributed by atoms with Crippen molar-refractivity contribution in [2.24, 2.45) is 12.9 Å². The first-order valence-electron chi connectivity index (χ1n) is 5.82. The Hall–Kier alpha value is -2.48. The molecular weight excluding hydrogens is 244 g/mol. The van der Waals surface area contributed by atoms with E-state index in [2.05, 4.69) is 25.6 Å². The lowest BCUT2D eigenvalue weighted by Gasteiger charge is -2.05. The summed E-state index contributed by atoms with van der Waals surface area (Å²) in [5.74, 6) is 6.69. The van der Waals surface area contributed by atoms with Crippen molar-refractivity contribution in [2.45, 2.75) is 13.5 Å². The molecule has 3 aromatic heterocycles. The fraction of sp³-hybridized carbons (Fsp3) is 0.273. The first-order valence-corrected chi connectivity index (χ1v) is 5.82. The average molecular weight is 258 g/mol. The molecule has 0 aliphatic carbocycles. The van der Waals surface area contributed by atoms with Crippen LogP contribution in [-0.4, -0.2) is 29.5 Å². The van der Waals surface area contributed by atoms with Crippen LogP contribution in [0, 0.1) is 6.92 Å². The summed E-state index contributed by atoms with van der Waals surface area (Å²) in [5, 5.41) is 9.26. The maximum Gasteiger partial charge on any atom is 0.163 e. The number of anilines is 1. The van der Waals surface area contributed by atoms with Crippen molar-refractivity contribution in [3.63, 3.8) is 0 Å². The maximum atomic E-state index is 5.49. The van der Waals surface area contributed by atoms with Gasteiger partial charge in [-0.3, -0.25) is 9.36 Å². The van der Waals surface area contributed by atoms with Gasteiger partial charge in [-0.1, -0.05) is 0 Å². The molecule has 3 rings (SSSR count). The number of hydrogen-bond acceptors (Lipinski definition) is 6. The molecule has 0 radical (unpaired) electrons. The van der Waals surface area contributed by atoms with Gasteiger partial charge in [0.15, 0.2) is 17.3 Å². The van der Waals surface area contributed by atoms with Crippen LogP contribution >= 0.6 is 0 Å². The summed E-state index contributed by atoms with van der Waals surface area (Å²) in [4.78, 5) is 8.86. The number of nitrogen functional groups attached to an aromatic ring is 1. The van der Waals surface area contributed by atoms with E-state index in [-0.39, 0.29) is 0 Å². The van der Waals surface area contributed by atoms with Crippen LogP contribution in [0.2, 0.25) is 0 Å². The molecule has 0 amide bonds. The number of nitrogens with one attached hydrogen (secondary N) is 1. The highest BCUT2D eigenvalue weighted by Gasteiger charge is 2.11. The molecule has 0 spiro atoms. The van der Waals surface area contributed by atoms with Crippen molar-refractivity contribution in [3.05, 3.63) is 30.0 Å². The van der Waals surface area contributed by atoms with E-state index in [1.807, 2.05) is 26.2 Å². The van der Waals surface area contributed by atoms with Crippen LogP contribution in [0.4, 0.5) is 5.82 Å². The zero-order valence-electron chi connectivity index (χ0n) is 10.7. The average Bonchev–Trinajstić information content (AvgIpc) is 2.96. The topological polar surface area (TPSA) is 99.5 Å². The number of nitrogens with two attached hydrogens (primary N) is 1. The Morgan fingerprint density at radius 3 is 2.89 bits per heavy atom. The van der Waals surface area contributed by atoms with Crippen LogP contribution < -0.4 is 11.3 Å². The molecule has 0 unspecified atom stereocenters. The fourth-order valence-corrected chi connectivity index (χ4v) is 1.94. The Labute approximate surface area is 109 Å². The van der Waals surface area contributed by atoms with Crippen molar-refractivity contribution in [2.75, 3.05) is 5.43 Å². The van der Waals surface area contributed by atoms with E-state index in [9.17, 15) is 0 Å². The Bertz CT molecular complexity index is 725. The minimum absolute atomic E-state index is 0.490. The fourth-order valence-electron chi connectivity index (χ4n) is 1.94. The molecule has 0 fully saturated rings. The summed E-state index contributed by atoms with van der Waals surface area (Å²) in [6.07, 6.45) is 3.58. The molecule has 0 aliphatic rings. The van der Waals surface area contributed by atoms with E-state index in [0.29, 0.717) is 18.2 Å². The molecule has 0 saturated carbocycles. The molecule has 8 nitrogen and oxygen atoms in total. The van der Waals surface area contributed by atoms with Crippen LogP contribution in [0.1, 0.15) is 11.5 Å². The Morgan fingerprint density at radius 1 is 1.37 bits per heavy atom. The highest BCUT2D eigenvalue weighted by atomic mass is 15.3. The second-order valence-corrected chi connectivity index (χ2v) is 4.29. The zero-order valence-corrected chi connectivity index (χ0v) is 10.7. The molecule has 8 heteroatoms. The zero-order chi connectivity index (χ0) is 13.4. The van der Waals surface area contributed by atoms with E-state index in [1.54, 1.807) is 15.6 Å². The predicted octanol–water partition coefficient (Wildman–Crippen LogP) is 0.202. The summed E-state index contributed by atoms with van der Waals surface area (Å²) in [5.41, 5.74) is 4.28. The summed E-state index contributed by atoms with van der Waals surface area (Å²) < 4.78 is 3.48. The SMILES string of the molecule is Cc1ccn(Cc2nc(NN)c3cnn(C)c3n2)n1. The van der Waals surface area contributed by atoms with E-state index in [1.165, 1.54) is 0 Å². The lowest BCUT2D eigenvalue weighted by atomic mass is 10.4. The number of nitrogens with zero attached hydrogens (tertiary/aromatic N) is 6. The molecule has 19 heavy (non-hydrogen) atoms. The lowest BCUT2D eigenvalue weighted by Crippen LogP contribution is -2.13. The van der Waals surface area contributed by atoms with Gasteiger partial charge < -0.3 is 5.43 Å². The van der Waals surface area contributed by atoms with Gasteiger partial charge in [-0.2, -0.15) is 10.2 Å². The van der Waals surface area contributed by atoms with Crippen LogP contribution in [0.3, 0.4) is 0 Å². The second kappa shape index (κ2) is 4.32. The van der Waals surface area contributed by atoms with Gasteiger partial charge in [0, 0.05) is 13.2 Å². The first-order chi connectivity index (χ1) is 9.17. The maximum absolute atomic E-state index is 5.49. The van der Waals surface area contributed by atoms with Gasteiger partial charge >= 0.3 is 0 Å². The van der Waals surface area contributed by atoms with Crippen LogP contribution in [-0.2, 0) is 13.6 Å². The molecule has 3 aromatic rings. The number of rotatable bonds is 3. The smallest absolute Gasteiger partial charge is 0.163 e.